The summed E-state index contributed by atoms with van der Waals surface area (Å²) in [5.74, 6) is -1.73. The van der Waals surface area contributed by atoms with Gasteiger partial charge in [-0.1, -0.05) is 23.4 Å². The van der Waals surface area contributed by atoms with Crippen molar-refractivity contribution in [2.24, 2.45) is 17.0 Å². The minimum atomic E-state index is -1.81. The van der Waals surface area contributed by atoms with Crippen molar-refractivity contribution in [3.05, 3.63) is 46.8 Å². The zero-order valence-electron chi connectivity index (χ0n) is 45.6. The van der Waals surface area contributed by atoms with Gasteiger partial charge in [0.25, 0.3) is 0 Å². The molecule has 4 aliphatic rings. The molecule has 1 aromatic heterocycles. The van der Waals surface area contributed by atoms with Gasteiger partial charge in [-0.25, -0.2) is 4.39 Å². The predicted molar refractivity (Wildman–Crippen MR) is 273 cm³/mol. The molecule has 73 heavy (non-hydrogen) atoms. The first-order chi connectivity index (χ1) is 34.3. The number of hydrogen-bond acceptors (Lipinski definition) is 17. The fourth-order valence-electron chi connectivity index (χ4n) is 11.7. The molecule has 410 valence electrons. The molecule has 3 saturated heterocycles. The molecule has 0 spiro atoms. The van der Waals surface area contributed by atoms with E-state index in [1.165, 1.54) is 19.6 Å². The van der Waals surface area contributed by atoms with Gasteiger partial charge in [0.1, 0.15) is 13.8 Å². The summed E-state index contributed by atoms with van der Waals surface area (Å²) in [6.45, 7) is 16.7. The van der Waals surface area contributed by atoms with Gasteiger partial charge in [-0.15, -0.1) is 0 Å². The third kappa shape index (κ3) is 14.3. The molecule has 18 nitrogen and oxygen atoms in total. The Kier molecular flexibility index (Phi) is 20.9. The van der Waals surface area contributed by atoms with Crippen LogP contribution in [0.25, 0.3) is 0 Å². The molecule has 2 aromatic rings. The first-order valence-corrected chi connectivity index (χ1v) is 29.0. The van der Waals surface area contributed by atoms with Crippen LogP contribution < -0.4 is 0 Å². The number of likely N-dealkylation sites (N-methyl/N-ethyl adjacent to an activating group) is 2. The Morgan fingerprint density at radius 1 is 1.01 bits per heavy atom. The van der Waals surface area contributed by atoms with Crippen molar-refractivity contribution in [2.45, 2.75) is 214 Å². The van der Waals surface area contributed by atoms with Crippen LogP contribution >= 0.6 is 0 Å². The second-order valence-electron chi connectivity index (χ2n) is 22.5. The molecule has 3 aliphatic heterocycles. The van der Waals surface area contributed by atoms with Crippen molar-refractivity contribution in [3.63, 3.8) is 0 Å². The van der Waals surface area contributed by atoms with Gasteiger partial charge in [0, 0.05) is 5.56 Å². The molecule has 0 radical (unpaired) electrons. The molecule has 20 heteroatoms. The van der Waals surface area contributed by atoms with Gasteiger partial charge in [0.15, 0.2) is 0 Å². The molecule has 1 aromatic carbocycles. The van der Waals surface area contributed by atoms with Gasteiger partial charge in [0.2, 0.25) is 0 Å². The number of fused-ring (bicyclic) bond motifs is 1. The fourth-order valence-corrected chi connectivity index (χ4v) is 15.3. The van der Waals surface area contributed by atoms with E-state index in [4.69, 9.17) is 33.3 Å². The van der Waals surface area contributed by atoms with E-state index in [1.807, 2.05) is 51.0 Å². The van der Waals surface area contributed by atoms with E-state index in [-0.39, 0.29) is 63.1 Å². The number of ether oxygens (including phenoxy) is 6. The molecule has 0 saturated carbocycles. The Balaban J connectivity index is 1.22. The molecule has 0 bridgehead atoms. The number of carbonyl (C=O) groups excluding carboxylic acids is 1. The van der Waals surface area contributed by atoms with Crippen LogP contribution in [-0.2, 0) is 57.3 Å². The van der Waals surface area contributed by atoms with Crippen molar-refractivity contribution in [1.82, 2.24) is 24.8 Å². The molecule has 6 rings (SSSR count). The van der Waals surface area contributed by atoms with Crippen LogP contribution in [0, 0.1) is 11.8 Å². The Labute approximate surface area is 448 Å². The summed E-state index contributed by atoms with van der Waals surface area (Å²) in [5, 5.41) is 60.6. The predicted octanol–water partition coefficient (Wildman–Crippen LogP) is 4.51. The zero-order chi connectivity index (χ0) is 53.7. The third-order valence-corrected chi connectivity index (χ3v) is 19.2. The number of alkyl halides is 1. The molecule has 18 atom stereocenters. The SMILES string of the molecule is CC[C@H]1OC(=O)C(C)[C@@H](O[C@H]2C[C@@](C)(OC)[C@@H](O)[C@H](C)O2)[C@H]([Tl])[C@@H](O[C@H]2C[C@@H](N(C)CCc3cn([C@H](CF)Cc4ccc5c(c4)CC/C5=N\OC)nn3)C[C@@H](C)O2)[C@](C)(O)C[C@@H](C)CN(C)[C@H](C)[C@@H](O)[C@]1(C)O. The number of benzene rings is 1. The minimum absolute atomic E-state index is 0.0225. The second kappa shape index (κ2) is 25.5. The summed E-state index contributed by atoms with van der Waals surface area (Å²) in [6.07, 6.45) is -1.19. The average molecular weight is 1220 g/mol. The van der Waals surface area contributed by atoms with Crippen LogP contribution in [0.5, 0.6) is 0 Å². The molecular weight excluding hydrogens is 1140 g/mol. The topological polar surface area (TPSA) is 212 Å². The van der Waals surface area contributed by atoms with Crippen LogP contribution in [0.15, 0.2) is 29.6 Å². The number of aliphatic hydroxyl groups is 4. The van der Waals surface area contributed by atoms with Crippen LogP contribution in [0.3, 0.4) is 0 Å². The van der Waals surface area contributed by atoms with Gasteiger partial charge in [-0.3, -0.25) is 0 Å². The summed E-state index contributed by atoms with van der Waals surface area (Å²) < 4.78 is 54.6. The molecule has 3 fully saturated rings. The van der Waals surface area contributed by atoms with Crippen LogP contribution in [-0.4, -0.2) is 215 Å². The number of aromatic nitrogens is 3. The first-order valence-electron chi connectivity index (χ1n) is 26.4. The van der Waals surface area contributed by atoms with Gasteiger partial charge < -0.3 is 4.84 Å². The number of oxime groups is 1. The molecular formula is C53H86FN6O12Tl. The second-order valence-corrected chi connectivity index (χ2v) is 25.4. The number of hydrogen-bond donors (Lipinski definition) is 4. The molecule has 4 heterocycles. The van der Waals surface area contributed by atoms with E-state index in [0.717, 1.165) is 41.8 Å². The summed E-state index contributed by atoms with van der Waals surface area (Å²) in [4.78, 5) is 23.8. The monoisotopic (exact) mass is 1220 g/mol. The summed E-state index contributed by atoms with van der Waals surface area (Å²) in [6, 6.07) is 5.17. The Hall–Kier alpha value is -2.29. The third-order valence-electron chi connectivity index (χ3n) is 16.4. The van der Waals surface area contributed by atoms with Crippen LogP contribution in [0.4, 0.5) is 4.39 Å². The standard InChI is InChI=1S/C53H86FN6O12.Tl/c1-14-44-53(9,65)48(61)34(5)59(11)29-31(2)26-51(7,64)45(25-43(33(4)50(63)72-44)70-47-27-52(8,66-12)49(62)35(6)69-47)71-46-24-39(21-32(3)68-46)58(10)20-19-38-30-60(57-55-38)40(28-54)23-36-15-17-41-37(22-36)16-18-42(41)56-67-13;/h15,17,22,25,30-35,39-40,43-49,61-62,64-65H,14,16,18-21,23-24,26-29H2,1-13H3;/b56-42+;/t31-,32-,33?,34-,35+,39+,40+,43+,44-,45-,46+,47+,48-,49+,51-,52-,53-;/m1./s1. The summed E-state index contributed by atoms with van der Waals surface area (Å²) in [7, 11) is 7.01. The van der Waals surface area contributed by atoms with Gasteiger partial charge in [0.05, 0.1) is 11.8 Å². The summed E-state index contributed by atoms with van der Waals surface area (Å²) >= 11 is 0.0605. The van der Waals surface area contributed by atoms with Gasteiger partial charge in [-0.2, -0.15) is 0 Å². The number of esters is 1. The van der Waals surface area contributed by atoms with Crippen LogP contribution in [0.2, 0.25) is 3.48 Å². The van der Waals surface area contributed by atoms with Crippen molar-refractivity contribution in [2.75, 3.05) is 48.1 Å². The quantitative estimate of drug-likeness (QED) is 0.110. The number of cyclic esters (lactones) is 1. The van der Waals surface area contributed by atoms with Gasteiger partial charge in [-0.05, 0) is 30.4 Å². The van der Waals surface area contributed by atoms with Crippen molar-refractivity contribution < 1.29 is 62.9 Å². The van der Waals surface area contributed by atoms with E-state index < -0.39 is 100 Å². The van der Waals surface area contributed by atoms with E-state index >= 15 is 0 Å². The van der Waals surface area contributed by atoms with E-state index in [2.05, 4.69) is 33.5 Å². The van der Waals surface area contributed by atoms with Crippen LogP contribution in [0.1, 0.15) is 129 Å². The Morgan fingerprint density at radius 2 is 1.74 bits per heavy atom. The number of nitrogens with zero attached hydrogens (tertiary/aromatic N) is 6. The number of carbonyl (C=O) groups is 1. The number of rotatable bonds is 15. The average Bonchev–Trinajstić information content (AvgIpc) is 3.99. The van der Waals surface area contributed by atoms with Gasteiger partial charge >= 0.3 is 357 Å². The number of aliphatic hydroxyl groups excluding tert-OH is 2. The number of aryl methyl sites for hydroxylation is 1. The Morgan fingerprint density at radius 3 is 2.41 bits per heavy atom. The van der Waals surface area contributed by atoms with E-state index in [9.17, 15) is 29.6 Å². The first kappa shape index (κ1) is 59.9. The van der Waals surface area contributed by atoms with Crippen molar-refractivity contribution >= 4 is 37.4 Å². The van der Waals surface area contributed by atoms with E-state index in [0.29, 0.717) is 32.4 Å². The zero-order valence-corrected chi connectivity index (χ0v) is 50.1. The summed E-state index contributed by atoms with van der Waals surface area (Å²) in [5.41, 5.74) is 0.665. The number of methoxy groups -OCH3 is 1. The fraction of sp³-hybridized carbons (Fsp3) is 0.811. The molecule has 4 N–H and O–H groups in total. The maximum absolute atomic E-state index is 14.6. The maximum atomic E-state index is 14.6. The van der Waals surface area contributed by atoms with Crippen molar-refractivity contribution in [1.29, 1.82) is 0 Å². The normalized spacial score (nSPS) is 39.4. The van der Waals surface area contributed by atoms with Crippen molar-refractivity contribution in [3.8, 4) is 0 Å². The van der Waals surface area contributed by atoms with E-state index in [1.54, 1.807) is 46.4 Å². The number of halogens is 1. The molecule has 1 aliphatic carbocycles. The Bertz CT molecular complexity index is 2140. The molecule has 1 unspecified atom stereocenters. The molecule has 0 amide bonds.